The van der Waals surface area contributed by atoms with Crippen molar-refractivity contribution in [1.82, 2.24) is 9.88 Å². The summed E-state index contributed by atoms with van der Waals surface area (Å²) in [6.45, 7) is 8.20. The fraction of sp³-hybridized carbons (Fsp3) is 0.318. The lowest BCUT2D eigenvalue weighted by Gasteiger charge is -2.39. The van der Waals surface area contributed by atoms with Crippen molar-refractivity contribution in [3.05, 3.63) is 65.9 Å². The fourth-order valence-corrected chi connectivity index (χ4v) is 4.16. The van der Waals surface area contributed by atoms with Crippen LogP contribution in [-0.2, 0) is 12.3 Å². The molecule has 0 spiro atoms. The summed E-state index contributed by atoms with van der Waals surface area (Å²) in [4.78, 5) is 8.29. The summed E-state index contributed by atoms with van der Waals surface area (Å²) < 4.78 is 6.15. The molecule has 4 rings (SSSR count). The second-order valence-electron chi connectivity index (χ2n) is 7.67. The maximum Gasteiger partial charge on any atom is 0.152 e. The van der Waals surface area contributed by atoms with Gasteiger partial charge in [0.25, 0.3) is 0 Å². The SMILES string of the molecule is CC(C)(C)N1COc2c(cc(CSc3ccccc3)c3cccnc23)C1. The van der Waals surface area contributed by atoms with Crippen LogP contribution in [0.15, 0.2) is 59.6 Å². The Labute approximate surface area is 159 Å². The maximum absolute atomic E-state index is 6.15. The molecule has 134 valence electrons. The smallest absolute Gasteiger partial charge is 0.152 e. The molecule has 0 aliphatic carbocycles. The van der Waals surface area contributed by atoms with E-state index >= 15 is 0 Å². The first-order valence-electron chi connectivity index (χ1n) is 8.97. The molecule has 0 saturated heterocycles. The highest BCUT2D eigenvalue weighted by atomic mass is 32.2. The molecule has 0 bridgehead atoms. The minimum Gasteiger partial charge on any atom is -0.475 e. The minimum absolute atomic E-state index is 0.0791. The van der Waals surface area contributed by atoms with E-state index < -0.39 is 0 Å². The molecule has 0 saturated carbocycles. The van der Waals surface area contributed by atoms with Crippen molar-refractivity contribution >= 4 is 22.7 Å². The highest BCUT2D eigenvalue weighted by Gasteiger charge is 2.28. The van der Waals surface area contributed by atoms with Crippen LogP contribution < -0.4 is 4.74 Å². The number of nitrogens with zero attached hydrogens (tertiary/aromatic N) is 2. The average Bonchev–Trinajstić information content (AvgIpc) is 2.66. The van der Waals surface area contributed by atoms with Crippen molar-refractivity contribution in [3.63, 3.8) is 0 Å². The fourth-order valence-electron chi connectivity index (χ4n) is 3.25. The Morgan fingerprint density at radius 1 is 1.12 bits per heavy atom. The number of hydrogen-bond acceptors (Lipinski definition) is 4. The first kappa shape index (κ1) is 17.4. The van der Waals surface area contributed by atoms with Crippen LogP contribution in [0.4, 0.5) is 0 Å². The number of aromatic nitrogens is 1. The molecule has 2 aromatic carbocycles. The van der Waals surface area contributed by atoms with Crippen LogP contribution in [0.3, 0.4) is 0 Å². The zero-order valence-corrected chi connectivity index (χ0v) is 16.3. The number of rotatable bonds is 3. The zero-order valence-electron chi connectivity index (χ0n) is 15.5. The third-order valence-corrected chi connectivity index (χ3v) is 5.88. The van der Waals surface area contributed by atoms with Gasteiger partial charge in [-0.05, 0) is 50.6 Å². The molecule has 26 heavy (non-hydrogen) atoms. The van der Waals surface area contributed by atoms with Gasteiger partial charge in [-0.3, -0.25) is 9.88 Å². The topological polar surface area (TPSA) is 25.4 Å². The molecular weight excluding hydrogens is 340 g/mol. The Hall–Kier alpha value is -2.04. The van der Waals surface area contributed by atoms with Gasteiger partial charge in [-0.1, -0.05) is 24.3 Å². The van der Waals surface area contributed by atoms with Gasteiger partial charge in [0, 0.05) is 39.9 Å². The zero-order chi connectivity index (χ0) is 18.1. The van der Waals surface area contributed by atoms with Gasteiger partial charge in [0.15, 0.2) is 5.75 Å². The predicted molar refractivity (Wildman–Crippen MR) is 109 cm³/mol. The third kappa shape index (κ3) is 3.44. The number of pyridine rings is 1. The number of thioether (sulfide) groups is 1. The lowest BCUT2D eigenvalue weighted by Crippen LogP contribution is -2.45. The van der Waals surface area contributed by atoms with Crippen LogP contribution in [0.5, 0.6) is 5.75 Å². The summed E-state index contributed by atoms with van der Waals surface area (Å²) in [6.07, 6.45) is 1.86. The minimum atomic E-state index is 0.0791. The molecule has 0 unspecified atom stereocenters. The second kappa shape index (κ2) is 6.93. The van der Waals surface area contributed by atoms with Gasteiger partial charge < -0.3 is 4.74 Å². The van der Waals surface area contributed by atoms with Crippen molar-refractivity contribution in [3.8, 4) is 5.75 Å². The summed E-state index contributed by atoms with van der Waals surface area (Å²) in [5.41, 5.74) is 3.62. The molecule has 3 aromatic rings. The van der Waals surface area contributed by atoms with E-state index in [1.165, 1.54) is 21.4 Å². The average molecular weight is 365 g/mol. The largest absolute Gasteiger partial charge is 0.475 e. The number of ether oxygens (including phenoxy) is 1. The summed E-state index contributed by atoms with van der Waals surface area (Å²) >= 11 is 1.86. The third-order valence-electron chi connectivity index (χ3n) is 4.82. The quantitative estimate of drug-likeness (QED) is 0.575. The molecule has 0 radical (unpaired) electrons. The molecular formula is C22H24N2OS. The molecule has 0 amide bonds. The summed E-state index contributed by atoms with van der Waals surface area (Å²) in [5, 5.41) is 1.19. The Bertz CT molecular complexity index is 919. The predicted octanol–water partition coefficient (Wildman–Crippen LogP) is 5.48. The Balaban J connectivity index is 1.71. The Kier molecular flexibility index (Phi) is 4.63. The van der Waals surface area contributed by atoms with E-state index in [1.807, 2.05) is 24.0 Å². The Morgan fingerprint density at radius 2 is 1.92 bits per heavy atom. The van der Waals surface area contributed by atoms with Crippen LogP contribution in [-0.4, -0.2) is 22.2 Å². The highest BCUT2D eigenvalue weighted by Crippen LogP contribution is 2.38. The molecule has 4 heteroatoms. The molecule has 1 aliphatic rings. The van der Waals surface area contributed by atoms with Crippen LogP contribution in [0.1, 0.15) is 31.9 Å². The number of fused-ring (bicyclic) bond motifs is 3. The van der Waals surface area contributed by atoms with E-state index in [0.29, 0.717) is 6.73 Å². The lowest BCUT2D eigenvalue weighted by molar-refractivity contribution is 0.0227. The van der Waals surface area contributed by atoms with E-state index in [-0.39, 0.29) is 5.54 Å². The second-order valence-corrected chi connectivity index (χ2v) is 8.72. The molecule has 0 atom stereocenters. The van der Waals surface area contributed by atoms with Crippen molar-refractivity contribution in [2.45, 2.75) is 43.5 Å². The van der Waals surface area contributed by atoms with Gasteiger partial charge in [-0.25, -0.2) is 0 Å². The number of benzene rings is 2. The molecule has 3 nitrogen and oxygen atoms in total. The van der Waals surface area contributed by atoms with Crippen LogP contribution in [0.2, 0.25) is 0 Å². The summed E-state index contributed by atoms with van der Waals surface area (Å²) in [6, 6.07) is 17.0. The summed E-state index contributed by atoms with van der Waals surface area (Å²) in [5.74, 6) is 1.88. The van der Waals surface area contributed by atoms with E-state index in [2.05, 4.69) is 73.1 Å². The van der Waals surface area contributed by atoms with Crippen LogP contribution in [0.25, 0.3) is 10.9 Å². The van der Waals surface area contributed by atoms with Gasteiger partial charge in [0.1, 0.15) is 12.2 Å². The molecule has 1 aromatic heterocycles. The number of hydrogen-bond donors (Lipinski definition) is 0. The van der Waals surface area contributed by atoms with Crippen molar-refractivity contribution in [2.75, 3.05) is 6.73 Å². The van der Waals surface area contributed by atoms with Gasteiger partial charge in [-0.15, -0.1) is 11.8 Å². The van der Waals surface area contributed by atoms with Gasteiger partial charge in [0.2, 0.25) is 0 Å². The monoisotopic (exact) mass is 364 g/mol. The molecule has 2 heterocycles. The van der Waals surface area contributed by atoms with Crippen LogP contribution in [0, 0.1) is 0 Å². The summed E-state index contributed by atoms with van der Waals surface area (Å²) in [7, 11) is 0. The molecule has 1 aliphatic heterocycles. The van der Waals surface area contributed by atoms with Gasteiger partial charge in [-0.2, -0.15) is 0 Å². The highest BCUT2D eigenvalue weighted by molar-refractivity contribution is 7.98. The molecule has 0 fully saturated rings. The van der Waals surface area contributed by atoms with Crippen molar-refractivity contribution < 1.29 is 4.74 Å². The first-order valence-corrected chi connectivity index (χ1v) is 9.96. The van der Waals surface area contributed by atoms with Crippen LogP contribution >= 0.6 is 11.8 Å². The normalized spacial score (nSPS) is 14.9. The van der Waals surface area contributed by atoms with Crippen molar-refractivity contribution in [2.24, 2.45) is 0 Å². The van der Waals surface area contributed by atoms with E-state index in [1.54, 1.807) is 0 Å². The molecule has 0 N–H and O–H groups in total. The van der Waals surface area contributed by atoms with E-state index in [4.69, 9.17) is 4.74 Å². The van der Waals surface area contributed by atoms with E-state index in [9.17, 15) is 0 Å². The van der Waals surface area contributed by atoms with Gasteiger partial charge >= 0.3 is 0 Å². The van der Waals surface area contributed by atoms with Gasteiger partial charge in [0.05, 0.1) is 0 Å². The van der Waals surface area contributed by atoms with Crippen molar-refractivity contribution in [1.29, 1.82) is 0 Å². The lowest BCUT2D eigenvalue weighted by atomic mass is 10.00. The van der Waals surface area contributed by atoms with E-state index in [0.717, 1.165) is 23.6 Å². The standard InChI is InChI=1S/C22H24N2OS/c1-22(2,3)24-13-16-12-17(14-26-18-8-5-4-6-9-18)19-10-7-11-23-20(19)21(16)25-15-24/h4-12H,13-15H2,1-3H3. The Morgan fingerprint density at radius 3 is 2.69 bits per heavy atom. The first-order chi connectivity index (χ1) is 12.5. The maximum atomic E-state index is 6.15.